The highest BCUT2D eigenvalue weighted by Gasteiger charge is 2.15. The van der Waals surface area contributed by atoms with Crippen LogP contribution in [0, 0.1) is 17.3 Å². The highest BCUT2D eigenvalue weighted by Crippen LogP contribution is 2.20. The van der Waals surface area contributed by atoms with Gasteiger partial charge in [0.1, 0.15) is 0 Å². The fourth-order valence-corrected chi connectivity index (χ4v) is 3.17. The average molecular weight is 502 g/mol. The summed E-state index contributed by atoms with van der Waals surface area (Å²) in [6.45, 7) is 20.7. The topological polar surface area (TPSA) is 89.1 Å². The Morgan fingerprint density at radius 3 is 1.57 bits per heavy atom. The van der Waals surface area contributed by atoms with E-state index in [0.29, 0.717) is 69.9 Å². The van der Waals surface area contributed by atoms with E-state index in [4.69, 9.17) is 14.2 Å². The van der Waals surface area contributed by atoms with Crippen LogP contribution in [-0.2, 0) is 23.8 Å². The molecule has 8 heteroatoms. The minimum absolute atomic E-state index is 0.0635. The Hall–Kier alpha value is -1.22. The molecule has 0 aromatic carbocycles. The van der Waals surface area contributed by atoms with E-state index >= 15 is 0 Å². The van der Waals surface area contributed by atoms with Crippen LogP contribution in [0.4, 0.5) is 0 Å². The predicted octanol–water partition coefficient (Wildman–Crippen LogP) is 3.49. The van der Waals surface area contributed by atoms with Crippen molar-refractivity contribution in [1.29, 1.82) is 0 Å². The van der Waals surface area contributed by atoms with Gasteiger partial charge in [-0.25, -0.2) is 0 Å². The molecule has 208 valence electrons. The second kappa shape index (κ2) is 20.9. The maximum absolute atomic E-state index is 12.3. The normalized spacial score (nSPS) is 12.1. The molecule has 0 aliphatic rings. The summed E-state index contributed by atoms with van der Waals surface area (Å²) < 4.78 is 16.8. The predicted molar refractivity (Wildman–Crippen MR) is 143 cm³/mol. The Kier molecular flexibility index (Phi) is 20.2. The van der Waals surface area contributed by atoms with Gasteiger partial charge in [-0.3, -0.25) is 14.5 Å². The van der Waals surface area contributed by atoms with Crippen LogP contribution in [0.2, 0.25) is 0 Å². The van der Waals surface area contributed by atoms with E-state index in [9.17, 15) is 9.59 Å². The molecule has 0 atom stereocenters. The number of ether oxygens (including phenoxy) is 3. The number of amides is 2. The number of hydrogen-bond donors (Lipinski definition) is 2. The number of carbonyl (C=O) groups is 2. The summed E-state index contributed by atoms with van der Waals surface area (Å²) in [6.07, 6.45) is 4.09. The van der Waals surface area contributed by atoms with Gasteiger partial charge < -0.3 is 24.8 Å². The first-order valence-corrected chi connectivity index (χ1v) is 13.5. The molecule has 0 unspecified atom stereocenters. The zero-order valence-corrected chi connectivity index (χ0v) is 23.7. The molecule has 35 heavy (non-hydrogen) atoms. The Labute approximate surface area is 215 Å². The van der Waals surface area contributed by atoms with E-state index in [1.807, 2.05) is 4.90 Å². The van der Waals surface area contributed by atoms with E-state index in [0.717, 1.165) is 32.3 Å². The third kappa shape index (κ3) is 25.7. The maximum atomic E-state index is 12.3. The van der Waals surface area contributed by atoms with Gasteiger partial charge in [0, 0.05) is 26.2 Å². The summed E-state index contributed by atoms with van der Waals surface area (Å²) in [5.74, 6) is 0.945. The Morgan fingerprint density at radius 2 is 1.14 bits per heavy atom. The molecule has 8 nitrogen and oxygen atoms in total. The largest absolute Gasteiger partial charge is 0.379 e. The standard InChI is InChI=1S/C27H55N3O5/c1-23(2)9-12-28-25(31)21-30(22-26(32)29-13-10-24(3)4)14-16-34-18-20-35-19-17-33-15-8-11-27(5,6)7/h23-24H,8-22H2,1-7H3,(H,28,31)(H,29,32). The van der Waals surface area contributed by atoms with Crippen LogP contribution in [0.5, 0.6) is 0 Å². The third-order valence-corrected chi connectivity index (χ3v) is 5.33. The van der Waals surface area contributed by atoms with Crippen molar-refractivity contribution < 1.29 is 23.8 Å². The average Bonchev–Trinajstić information content (AvgIpc) is 2.73. The lowest BCUT2D eigenvalue weighted by molar-refractivity contribution is -0.125. The zero-order valence-electron chi connectivity index (χ0n) is 23.7. The summed E-state index contributed by atoms with van der Waals surface area (Å²) in [5.41, 5.74) is 0.349. The number of rotatable bonds is 22. The summed E-state index contributed by atoms with van der Waals surface area (Å²) in [4.78, 5) is 26.5. The van der Waals surface area contributed by atoms with E-state index in [2.05, 4.69) is 59.1 Å². The van der Waals surface area contributed by atoms with Gasteiger partial charge in [-0.1, -0.05) is 48.5 Å². The molecule has 0 radical (unpaired) electrons. The van der Waals surface area contributed by atoms with Crippen molar-refractivity contribution in [3.8, 4) is 0 Å². The Morgan fingerprint density at radius 1 is 0.714 bits per heavy atom. The Bertz CT molecular complexity index is 507. The molecule has 0 aromatic rings. The van der Waals surface area contributed by atoms with E-state index in [1.165, 1.54) is 0 Å². The fraction of sp³-hybridized carbons (Fsp3) is 0.926. The van der Waals surface area contributed by atoms with Gasteiger partial charge >= 0.3 is 0 Å². The molecule has 0 bridgehead atoms. The summed E-state index contributed by atoms with van der Waals surface area (Å²) in [5, 5.41) is 5.88. The van der Waals surface area contributed by atoms with Crippen molar-refractivity contribution in [1.82, 2.24) is 15.5 Å². The zero-order chi connectivity index (χ0) is 26.5. The number of nitrogens with one attached hydrogen (secondary N) is 2. The second-order valence-corrected chi connectivity index (χ2v) is 11.3. The molecule has 0 saturated heterocycles. The smallest absolute Gasteiger partial charge is 0.234 e. The van der Waals surface area contributed by atoms with Gasteiger partial charge in [-0.2, -0.15) is 0 Å². The highest BCUT2D eigenvalue weighted by molar-refractivity contribution is 5.81. The van der Waals surface area contributed by atoms with Gasteiger partial charge in [0.2, 0.25) is 11.8 Å². The first-order chi connectivity index (χ1) is 16.5. The van der Waals surface area contributed by atoms with Gasteiger partial charge in [0.25, 0.3) is 0 Å². The minimum atomic E-state index is -0.0635. The van der Waals surface area contributed by atoms with E-state index in [1.54, 1.807) is 0 Å². The summed E-state index contributed by atoms with van der Waals surface area (Å²) >= 11 is 0. The molecule has 0 aromatic heterocycles. The Balaban J connectivity index is 4.09. The number of nitrogens with zero attached hydrogens (tertiary/aromatic N) is 1. The second-order valence-electron chi connectivity index (χ2n) is 11.3. The molecule has 2 N–H and O–H groups in total. The fourth-order valence-electron chi connectivity index (χ4n) is 3.17. The monoisotopic (exact) mass is 501 g/mol. The quantitative estimate of drug-likeness (QED) is 0.221. The van der Waals surface area contributed by atoms with Gasteiger partial charge in [0.15, 0.2) is 0 Å². The van der Waals surface area contributed by atoms with E-state index < -0.39 is 0 Å². The van der Waals surface area contributed by atoms with Crippen molar-refractivity contribution in [2.24, 2.45) is 17.3 Å². The number of hydrogen-bond acceptors (Lipinski definition) is 6. The van der Waals surface area contributed by atoms with Crippen molar-refractivity contribution in [2.75, 3.05) is 72.4 Å². The first kappa shape index (κ1) is 33.8. The molecule has 2 amide bonds. The highest BCUT2D eigenvalue weighted by atomic mass is 16.5. The van der Waals surface area contributed by atoms with Gasteiger partial charge in [-0.05, 0) is 42.9 Å². The number of carbonyl (C=O) groups excluding carboxylic acids is 2. The van der Waals surface area contributed by atoms with Crippen molar-refractivity contribution in [3.05, 3.63) is 0 Å². The third-order valence-electron chi connectivity index (χ3n) is 5.33. The lowest BCUT2D eigenvalue weighted by Crippen LogP contribution is -2.44. The van der Waals surface area contributed by atoms with Gasteiger partial charge in [0.05, 0.1) is 46.1 Å². The molecule has 0 aliphatic heterocycles. The van der Waals surface area contributed by atoms with Crippen LogP contribution in [0.15, 0.2) is 0 Å². The van der Waals surface area contributed by atoms with Crippen LogP contribution >= 0.6 is 0 Å². The molecule has 0 aliphatic carbocycles. The molecular formula is C27H55N3O5. The SMILES string of the molecule is CC(C)CCNC(=O)CN(CCOCCOCCOCCCC(C)(C)C)CC(=O)NCCC(C)C. The molecule has 0 heterocycles. The first-order valence-electron chi connectivity index (χ1n) is 13.5. The van der Waals surface area contributed by atoms with Crippen LogP contribution in [0.1, 0.15) is 74.1 Å². The van der Waals surface area contributed by atoms with Crippen LogP contribution in [-0.4, -0.2) is 89.1 Å². The molecule has 0 saturated carbocycles. The van der Waals surface area contributed by atoms with Crippen molar-refractivity contribution >= 4 is 11.8 Å². The van der Waals surface area contributed by atoms with Crippen molar-refractivity contribution in [3.63, 3.8) is 0 Å². The lowest BCUT2D eigenvalue weighted by atomic mass is 9.91. The summed E-state index contributed by atoms with van der Waals surface area (Å²) in [7, 11) is 0. The van der Waals surface area contributed by atoms with Crippen LogP contribution in [0.25, 0.3) is 0 Å². The molecule has 0 spiro atoms. The van der Waals surface area contributed by atoms with Crippen LogP contribution in [0.3, 0.4) is 0 Å². The molecular weight excluding hydrogens is 446 g/mol. The minimum Gasteiger partial charge on any atom is -0.379 e. The van der Waals surface area contributed by atoms with Crippen molar-refractivity contribution in [2.45, 2.75) is 74.1 Å². The lowest BCUT2D eigenvalue weighted by Gasteiger charge is -2.21. The van der Waals surface area contributed by atoms with Crippen LogP contribution < -0.4 is 10.6 Å². The molecule has 0 rings (SSSR count). The maximum Gasteiger partial charge on any atom is 0.234 e. The van der Waals surface area contributed by atoms with Gasteiger partial charge in [-0.15, -0.1) is 0 Å². The summed E-state index contributed by atoms with van der Waals surface area (Å²) in [6, 6.07) is 0. The van der Waals surface area contributed by atoms with E-state index in [-0.39, 0.29) is 24.9 Å². The molecule has 0 fully saturated rings.